The van der Waals surface area contributed by atoms with E-state index in [1.807, 2.05) is 0 Å². The van der Waals surface area contributed by atoms with Crippen LogP contribution in [0.3, 0.4) is 0 Å². The molecule has 0 radical (unpaired) electrons. The summed E-state index contributed by atoms with van der Waals surface area (Å²) < 4.78 is 22.5. The Kier molecular flexibility index (Phi) is 4.61. The molecule has 0 aromatic heterocycles. The Morgan fingerprint density at radius 3 is 2.25 bits per heavy atom. The number of hydrogen-bond acceptors (Lipinski definition) is 5. The van der Waals surface area contributed by atoms with Crippen molar-refractivity contribution in [2.24, 2.45) is 11.1 Å². The van der Waals surface area contributed by atoms with Crippen molar-refractivity contribution in [1.29, 1.82) is 0 Å². The molecule has 0 spiro atoms. The number of hydrogen-bond donors (Lipinski definition) is 1. The Morgan fingerprint density at radius 2 is 1.90 bits per heavy atom. The van der Waals surface area contributed by atoms with Crippen LogP contribution >= 0.6 is 0 Å². The highest BCUT2D eigenvalue weighted by molar-refractivity contribution is 7.89. The molecule has 0 saturated heterocycles. The van der Waals surface area contributed by atoms with Gasteiger partial charge in [-0.2, -0.15) is 0 Å². The predicted octanol–water partition coefficient (Wildman–Crippen LogP) is 1.57. The Hall–Kier alpha value is -1.80. The summed E-state index contributed by atoms with van der Waals surface area (Å²) in [7, 11) is -4.03. The number of nitro benzene ring substituents is 1. The molecule has 1 atom stereocenters. The van der Waals surface area contributed by atoms with E-state index in [2.05, 4.69) is 0 Å². The van der Waals surface area contributed by atoms with Gasteiger partial charge in [-0.25, -0.2) is 13.6 Å². The second kappa shape index (κ2) is 5.68. The van der Waals surface area contributed by atoms with Crippen molar-refractivity contribution < 1.29 is 18.1 Å². The number of benzene rings is 1. The minimum Gasteiger partial charge on any atom is -0.299 e. The molecular formula is C12H16N2O5S. The fourth-order valence-corrected chi connectivity index (χ4v) is 2.70. The number of nitrogens with two attached hydrogens (primary N) is 1. The Labute approximate surface area is 117 Å². The third-order valence-corrected chi connectivity index (χ3v) is 3.88. The maximum Gasteiger partial charge on any atom is 0.274 e. The van der Waals surface area contributed by atoms with E-state index in [1.165, 1.54) is 19.1 Å². The molecule has 0 fully saturated rings. The lowest BCUT2D eigenvalue weighted by Gasteiger charge is -2.18. The first-order chi connectivity index (χ1) is 9.05. The molecule has 1 rings (SSSR count). The first-order valence-electron chi connectivity index (χ1n) is 5.87. The molecule has 110 valence electrons. The van der Waals surface area contributed by atoms with E-state index in [9.17, 15) is 23.3 Å². The maximum atomic E-state index is 11.7. The Bertz CT molecular complexity index is 652. The average Bonchev–Trinajstić information content (AvgIpc) is 2.26. The fourth-order valence-electron chi connectivity index (χ4n) is 2.17. The number of nitrogens with zero attached hydrogens (tertiary/aromatic N) is 1. The second-order valence-electron chi connectivity index (χ2n) is 4.86. The van der Waals surface area contributed by atoms with Crippen molar-refractivity contribution in [3.8, 4) is 0 Å². The summed E-state index contributed by atoms with van der Waals surface area (Å²) in [5.41, 5.74) is -0.213. The number of carbonyl (C=O) groups is 1. The van der Waals surface area contributed by atoms with Crippen LogP contribution in [0, 0.1) is 16.0 Å². The minimum atomic E-state index is -4.03. The topological polar surface area (TPSA) is 120 Å². The van der Waals surface area contributed by atoms with Crippen molar-refractivity contribution in [2.75, 3.05) is 0 Å². The lowest BCUT2D eigenvalue weighted by Crippen LogP contribution is -2.18. The largest absolute Gasteiger partial charge is 0.299 e. The molecule has 1 aromatic carbocycles. The van der Waals surface area contributed by atoms with Gasteiger partial charge >= 0.3 is 0 Å². The summed E-state index contributed by atoms with van der Waals surface area (Å²) in [4.78, 5) is 21.7. The second-order valence-corrected chi connectivity index (χ2v) is 6.42. The van der Waals surface area contributed by atoms with E-state index in [0.29, 0.717) is 0 Å². The van der Waals surface area contributed by atoms with Crippen molar-refractivity contribution in [2.45, 2.75) is 31.6 Å². The van der Waals surface area contributed by atoms with Gasteiger partial charge in [0.25, 0.3) is 5.69 Å². The van der Waals surface area contributed by atoms with Crippen molar-refractivity contribution in [1.82, 2.24) is 0 Å². The van der Waals surface area contributed by atoms with E-state index in [4.69, 9.17) is 5.14 Å². The summed E-state index contributed by atoms with van der Waals surface area (Å²) >= 11 is 0. The van der Waals surface area contributed by atoms with Crippen LogP contribution < -0.4 is 5.14 Å². The molecule has 0 bridgehead atoms. The molecule has 0 aliphatic heterocycles. The van der Waals surface area contributed by atoms with E-state index in [0.717, 1.165) is 6.07 Å². The van der Waals surface area contributed by atoms with Crippen LogP contribution in [0.25, 0.3) is 0 Å². The van der Waals surface area contributed by atoms with Gasteiger partial charge < -0.3 is 0 Å². The minimum absolute atomic E-state index is 0.147. The normalized spacial score (nSPS) is 13.2. The zero-order chi connectivity index (χ0) is 15.7. The number of nitro groups is 1. The van der Waals surface area contributed by atoms with Gasteiger partial charge in [-0.15, -0.1) is 0 Å². The quantitative estimate of drug-likeness (QED) is 0.653. The highest BCUT2D eigenvalue weighted by Gasteiger charge is 2.29. The van der Waals surface area contributed by atoms with Crippen LogP contribution in [0.4, 0.5) is 5.69 Å². The molecule has 1 aromatic rings. The summed E-state index contributed by atoms with van der Waals surface area (Å²) in [5, 5.41) is 16.1. The molecule has 20 heavy (non-hydrogen) atoms. The number of carbonyl (C=O) groups excluding carboxylic acids is 1. The first-order valence-corrected chi connectivity index (χ1v) is 7.42. The Morgan fingerprint density at radius 1 is 1.35 bits per heavy atom. The number of primary sulfonamides is 1. The van der Waals surface area contributed by atoms with Crippen LogP contribution in [-0.2, 0) is 14.8 Å². The van der Waals surface area contributed by atoms with E-state index < -0.39 is 26.6 Å². The lowest BCUT2D eigenvalue weighted by atomic mass is 9.84. The Balaban J connectivity index is 3.56. The molecule has 0 aliphatic carbocycles. The summed E-state index contributed by atoms with van der Waals surface area (Å²) in [6.45, 7) is 4.88. The van der Waals surface area contributed by atoms with Gasteiger partial charge in [0, 0.05) is 11.6 Å². The first kappa shape index (κ1) is 16.3. The van der Waals surface area contributed by atoms with Crippen molar-refractivity contribution in [3.63, 3.8) is 0 Å². The van der Waals surface area contributed by atoms with Crippen molar-refractivity contribution >= 4 is 21.5 Å². The van der Waals surface area contributed by atoms with Gasteiger partial charge in [-0.1, -0.05) is 19.9 Å². The molecule has 0 amide bonds. The molecular weight excluding hydrogens is 284 g/mol. The van der Waals surface area contributed by atoms with Gasteiger partial charge in [0.05, 0.1) is 15.7 Å². The van der Waals surface area contributed by atoms with Gasteiger partial charge in [0.15, 0.2) is 0 Å². The van der Waals surface area contributed by atoms with E-state index >= 15 is 0 Å². The molecule has 2 N–H and O–H groups in total. The number of rotatable bonds is 5. The van der Waals surface area contributed by atoms with Crippen LogP contribution in [0.2, 0.25) is 0 Å². The van der Waals surface area contributed by atoms with Gasteiger partial charge in [-0.3, -0.25) is 14.9 Å². The zero-order valence-electron chi connectivity index (χ0n) is 11.4. The maximum absolute atomic E-state index is 11.7. The number of Topliss-reactive ketones (excluding diaryl/α,β-unsaturated/α-hetero) is 1. The molecule has 8 heteroatoms. The summed E-state index contributed by atoms with van der Waals surface area (Å²) in [5.74, 6) is -1.03. The molecule has 7 nitrogen and oxygen atoms in total. The third kappa shape index (κ3) is 3.40. The molecule has 0 aliphatic rings. The van der Waals surface area contributed by atoms with E-state index in [1.54, 1.807) is 13.8 Å². The van der Waals surface area contributed by atoms with Crippen LogP contribution in [0.1, 0.15) is 32.3 Å². The molecule has 1 unspecified atom stereocenters. The zero-order valence-corrected chi connectivity index (χ0v) is 12.2. The summed E-state index contributed by atoms with van der Waals surface area (Å²) in [6.07, 6.45) is 0. The number of ketones is 1. The molecule has 0 saturated carbocycles. The van der Waals surface area contributed by atoms with Crippen LogP contribution in [0.15, 0.2) is 23.1 Å². The van der Waals surface area contributed by atoms with Gasteiger partial charge in [0.1, 0.15) is 5.78 Å². The van der Waals surface area contributed by atoms with Crippen LogP contribution in [-0.4, -0.2) is 19.1 Å². The van der Waals surface area contributed by atoms with Crippen molar-refractivity contribution in [3.05, 3.63) is 33.9 Å². The van der Waals surface area contributed by atoms with E-state index in [-0.39, 0.29) is 22.2 Å². The summed E-state index contributed by atoms with van der Waals surface area (Å²) in [6, 6.07) is 3.35. The SMILES string of the molecule is CC(=O)C(c1ccc(S(N)(=O)=O)cc1[N+](=O)[O-])C(C)C. The highest BCUT2D eigenvalue weighted by Crippen LogP contribution is 2.34. The smallest absolute Gasteiger partial charge is 0.274 e. The monoisotopic (exact) mass is 300 g/mol. The highest BCUT2D eigenvalue weighted by atomic mass is 32.2. The lowest BCUT2D eigenvalue weighted by molar-refractivity contribution is -0.385. The molecule has 0 heterocycles. The third-order valence-electron chi connectivity index (χ3n) is 2.97. The average molecular weight is 300 g/mol. The standard InChI is InChI=1S/C12H16N2O5S/c1-7(2)12(8(3)15)10-5-4-9(20(13,18)19)6-11(10)14(16)17/h4-7,12H,1-3H3,(H2,13,18,19). The van der Waals surface area contributed by atoms with Gasteiger partial charge in [0.2, 0.25) is 10.0 Å². The predicted molar refractivity (Wildman–Crippen MR) is 72.7 cm³/mol. The van der Waals surface area contributed by atoms with Gasteiger partial charge in [-0.05, 0) is 18.9 Å². The fraction of sp³-hybridized carbons (Fsp3) is 0.417. The van der Waals surface area contributed by atoms with Crippen LogP contribution in [0.5, 0.6) is 0 Å². The number of sulfonamides is 1.